The predicted octanol–water partition coefficient (Wildman–Crippen LogP) is 6.18. The summed E-state index contributed by atoms with van der Waals surface area (Å²) in [5.74, 6) is 0.515. The normalized spacial score (nSPS) is 14.5. The van der Waals surface area contributed by atoms with Gasteiger partial charge in [-0.1, -0.05) is 46.3 Å². The highest BCUT2D eigenvalue weighted by molar-refractivity contribution is 9.10. The number of nitro benzene ring substituents is 1. The number of carbonyl (C=O) groups is 2. The number of benzene rings is 3. The van der Waals surface area contributed by atoms with Crippen molar-refractivity contribution in [3.05, 3.63) is 103 Å². The zero-order valence-corrected chi connectivity index (χ0v) is 20.9. The Hall–Kier alpha value is -3.63. The Bertz CT molecular complexity index is 1340. The molecular formula is C25H19BrN2O6S. The summed E-state index contributed by atoms with van der Waals surface area (Å²) in [6, 6.07) is 18.8. The number of hydrogen-bond acceptors (Lipinski definition) is 7. The molecule has 1 aliphatic rings. The molecule has 0 saturated carbocycles. The zero-order chi connectivity index (χ0) is 24.9. The fourth-order valence-electron chi connectivity index (χ4n) is 3.42. The van der Waals surface area contributed by atoms with Crippen molar-refractivity contribution in [1.29, 1.82) is 0 Å². The highest BCUT2D eigenvalue weighted by Crippen LogP contribution is 2.35. The Morgan fingerprint density at radius 2 is 1.80 bits per heavy atom. The summed E-state index contributed by atoms with van der Waals surface area (Å²) in [4.78, 5) is 37.4. The molecule has 1 aliphatic heterocycles. The fraction of sp³-hybridized carbons (Fsp3) is 0.120. The molecule has 0 aromatic heterocycles. The minimum Gasteiger partial charge on any atom is -0.493 e. The molecule has 8 nitrogen and oxygen atoms in total. The first-order valence-electron chi connectivity index (χ1n) is 10.4. The monoisotopic (exact) mass is 554 g/mol. The van der Waals surface area contributed by atoms with E-state index in [0.717, 1.165) is 21.8 Å². The third-order valence-electron chi connectivity index (χ3n) is 5.10. The van der Waals surface area contributed by atoms with E-state index in [1.165, 1.54) is 24.1 Å². The Kier molecular flexibility index (Phi) is 7.52. The van der Waals surface area contributed by atoms with Crippen LogP contribution in [-0.2, 0) is 17.9 Å². The number of amides is 2. The van der Waals surface area contributed by atoms with Crippen LogP contribution in [0.3, 0.4) is 0 Å². The number of nitro groups is 1. The molecule has 0 radical (unpaired) electrons. The van der Waals surface area contributed by atoms with Crippen molar-refractivity contribution < 1.29 is 24.0 Å². The van der Waals surface area contributed by atoms with Crippen LogP contribution >= 0.6 is 27.7 Å². The predicted molar refractivity (Wildman–Crippen MR) is 136 cm³/mol. The standard InChI is InChI=1S/C25H19BrN2O6S/c1-33-22-12-16(8-9-21(22)34-15-18-5-3-7-20(11-18)28(31)32)13-23-24(29)27(25(30)35-23)14-17-4-2-6-19(26)10-17/h2-13H,14-15H2,1H3/b23-13+. The van der Waals surface area contributed by atoms with Crippen LogP contribution in [0.5, 0.6) is 11.5 Å². The highest BCUT2D eigenvalue weighted by atomic mass is 79.9. The van der Waals surface area contributed by atoms with E-state index < -0.39 is 4.92 Å². The second-order valence-corrected chi connectivity index (χ2v) is 9.43. The molecule has 0 bridgehead atoms. The summed E-state index contributed by atoms with van der Waals surface area (Å²) in [6.45, 7) is 0.307. The van der Waals surface area contributed by atoms with Crippen LogP contribution in [0.2, 0.25) is 0 Å². The van der Waals surface area contributed by atoms with Gasteiger partial charge in [-0.2, -0.15) is 0 Å². The molecule has 1 fully saturated rings. The van der Waals surface area contributed by atoms with E-state index in [9.17, 15) is 19.7 Å². The van der Waals surface area contributed by atoms with E-state index in [-0.39, 0.29) is 30.0 Å². The molecule has 3 aromatic rings. The molecule has 0 unspecified atom stereocenters. The summed E-state index contributed by atoms with van der Waals surface area (Å²) in [5.41, 5.74) is 2.14. The van der Waals surface area contributed by atoms with E-state index in [1.54, 1.807) is 36.4 Å². The minimum absolute atomic E-state index is 0.0118. The van der Waals surface area contributed by atoms with Crippen molar-refractivity contribution in [2.24, 2.45) is 0 Å². The number of nitrogens with zero attached hydrogens (tertiary/aromatic N) is 2. The molecule has 0 N–H and O–H groups in total. The van der Waals surface area contributed by atoms with Crippen molar-refractivity contribution in [2.45, 2.75) is 13.2 Å². The lowest BCUT2D eigenvalue weighted by atomic mass is 10.1. The molecule has 0 atom stereocenters. The topological polar surface area (TPSA) is 99.0 Å². The van der Waals surface area contributed by atoms with Gasteiger partial charge in [-0.05, 0) is 58.8 Å². The van der Waals surface area contributed by atoms with Gasteiger partial charge in [-0.15, -0.1) is 0 Å². The number of non-ortho nitro benzene ring substituents is 1. The van der Waals surface area contributed by atoms with Gasteiger partial charge in [0.1, 0.15) is 6.61 Å². The van der Waals surface area contributed by atoms with Crippen LogP contribution < -0.4 is 9.47 Å². The summed E-state index contributed by atoms with van der Waals surface area (Å²) in [5, 5.41) is 10.6. The molecule has 10 heteroatoms. The number of carbonyl (C=O) groups excluding carboxylic acids is 2. The summed E-state index contributed by atoms with van der Waals surface area (Å²) in [7, 11) is 1.49. The average molecular weight is 555 g/mol. The van der Waals surface area contributed by atoms with Gasteiger partial charge in [0.15, 0.2) is 11.5 Å². The first-order valence-corrected chi connectivity index (χ1v) is 12.0. The molecular weight excluding hydrogens is 536 g/mol. The van der Waals surface area contributed by atoms with Gasteiger partial charge >= 0.3 is 0 Å². The lowest BCUT2D eigenvalue weighted by Crippen LogP contribution is -2.27. The molecule has 2 amide bonds. The second kappa shape index (κ2) is 10.7. The SMILES string of the molecule is COc1cc(/C=C2/SC(=O)N(Cc3cccc(Br)c3)C2=O)ccc1OCc1cccc([N+](=O)[O-])c1. The summed E-state index contributed by atoms with van der Waals surface area (Å²) >= 11 is 4.28. The molecule has 3 aromatic carbocycles. The number of ether oxygens (including phenoxy) is 2. The van der Waals surface area contributed by atoms with Gasteiger partial charge in [-0.3, -0.25) is 24.6 Å². The van der Waals surface area contributed by atoms with E-state index >= 15 is 0 Å². The molecule has 178 valence electrons. The Balaban J connectivity index is 1.48. The van der Waals surface area contributed by atoms with E-state index in [0.29, 0.717) is 27.5 Å². The van der Waals surface area contributed by atoms with Crippen molar-refractivity contribution in [2.75, 3.05) is 7.11 Å². The number of hydrogen-bond donors (Lipinski definition) is 0. The molecule has 1 heterocycles. The summed E-state index contributed by atoms with van der Waals surface area (Å²) in [6.07, 6.45) is 1.64. The maximum Gasteiger partial charge on any atom is 0.293 e. The van der Waals surface area contributed by atoms with E-state index in [2.05, 4.69) is 15.9 Å². The number of halogens is 1. The van der Waals surface area contributed by atoms with Gasteiger partial charge in [0.05, 0.1) is 23.5 Å². The molecule has 1 saturated heterocycles. The van der Waals surface area contributed by atoms with Crippen molar-refractivity contribution >= 4 is 50.6 Å². The lowest BCUT2D eigenvalue weighted by molar-refractivity contribution is -0.384. The van der Waals surface area contributed by atoms with E-state index in [4.69, 9.17) is 9.47 Å². The third kappa shape index (κ3) is 5.90. The number of rotatable bonds is 8. The average Bonchev–Trinajstić information content (AvgIpc) is 3.10. The van der Waals surface area contributed by atoms with Gasteiger partial charge in [0.2, 0.25) is 0 Å². The number of thioether (sulfide) groups is 1. The number of methoxy groups -OCH3 is 1. The Morgan fingerprint density at radius 1 is 1.03 bits per heavy atom. The van der Waals surface area contributed by atoms with Crippen molar-refractivity contribution in [3.8, 4) is 11.5 Å². The Labute approximate surface area is 213 Å². The second-order valence-electron chi connectivity index (χ2n) is 7.52. The molecule has 4 rings (SSSR count). The van der Waals surface area contributed by atoms with Gasteiger partial charge in [0, 0.05) is 16.6 Å². The van der Waals surface area contributed by atoms with Crippen LogP contribution in [0.4, 0.5) is 10.5 Å². The minimum atomic E-state index is -0.459. The van der Waals surface area contributed by atoms with Crippen LogP contribution in [0.1, 0.15) is 16.7 Å². The van der Waals surface area contributed by atoms with Crippen molar-refractivity contribution in [1.82, 2.24) is 4.90 Å². The van der Waals surface area contributed by atoms with Gasteiger partial charge < -0.3 is 9.47 Å². The smallest absolute Gasteiger partial charge is 0.293 e. The lowest BCUT2D eigenvalue weighted by Gasteiger charge is -2.13. The molecule has 35 heavy (non-hydrogen) atoms. The van der Waals surface area contributed by atoms with Gasteiger partial charge in [0.25, 0.3) is 16.8 Å². The third-order valence-corrected chi connectivity index (χ3v) is 6.51. The largest absolute Gasteiger partial charge is 0.493 e. The Morgan fingerprint density at radius 3 is 2.54 bits per heavy atom. The number of imide groups is 1. The van der Waals surface area contributed by atoms with Crippen molar-refractivity contribution in [3.63, 3.8) is 0 Å². The van der Waals surface area contributed by atoms with Crippen LogP contribution in [0, 0.1) is 10.1 Å². The fourth-order valence-corrected chi connectivity index (χ4v) is 4.70. The first-order chi connectivity index (χ1) is 16.8. The zero-order valence-electron chi connectivity index (χ0n) is 18.5. The van der Waals surface area contributed by atoms with Gasteiger partial charge in [-0.25, -0.2) is 0 Å². The molecule has 0 spiro atoms. The maximum absolute atomic E-state index is 12.9. The van der Waals surface area contributed by atoms with Crippen LogP contribution in [0.25, 0.3) is 6.08 Å². The van der Waals surface area contributed by atoms with Crippen LogP contribution in [-0.4, -0.2) is 28.1 Å². The first kappa shape index (κ1) is 24.5. The molecule has 0 aliphatic carbocycles. The quantitative estimate of drug-likeness (QED) is 0.186. The van der Waals surface area contributed by atoms with E-state index in [1.807, 2.05) is 24.3 Å². The summed E-state index contributed by atoms with van der Waals surface area (Å²) < 4.78 is 12.1. The maximum atomic E-state index is 12.9. The highest BCUT2D eigenvalue weighted by Gasteiger charge is 2.35. The van der Waals surface area contributed by atoms with Crippen LogP contribution in [0.15, 0.2) is 76.1 Å².